The Labute approximate surface area is 203 Å². The van der Waals surface area contributed by atoms with E-state index in [2.05, 4.69) is 15.2 Å². The molecule has 178 valence electrons. The van der Waals surface area contributed by atoms with Crippen LogP contribution in [0.25, 0.3) is 28.8 Å². The summed E-state index contributed by atoms with van der Waals surface area (Å²) in [7, 11) is 3.07. The Hall–Kier alpha value is -4.51. The molecule has 0 amide bonds. The molecular weight excluding hydrogens is 474 g/mol. The highest BCUT2D eigenvalue weighted by Gasteiger charge is 2.17. The van der Waals surface area contributed by atoms with Gasteiger partial charge in [-0.1, -0.05) is 12.1 Å². The maximum Gasteiger partial charge on any atom is 0.342 e. The second-order valence-corrected chi connectivity index (χ2v) is 8.08. The molecule has 0 unspecified atom stereocenters. The lowest BCUT2D eigenvalue weighted by atomic mass is 10.1. The number of rotatable bonds is 9. The van der Waals surface area contributed by atoms with Crippen LogP contribution in [0.15, 0.2) is 69.1 Å². The van der Waals surface area contributed by atoms with Crippen LogP contribution in [0.2, 0.25) is 0 Å². The number of aromatic carboxylic acids is 1. The minimum absolute atomic E-state index is 0.0704. The summed E-state index contributed by atoms with van der Waals surface area (Å²) in [5.41, 5.74) is 1.33. The molecule has 0 aliphatic rings. The Morgan fingerprint density at radius 3 is 2.40 bits per heavy atom. The third-order valence-corrected chi connectivity index (χ3v) is 5.67. The van der Waals surface area contributed by atoms with Gasteiger partial charge >= 0.3 is 11.9 Å². The molecule has 3 N–H and O–H groups in total. The molecule has 0 bridgehead atoms. The van der Waals surface area contributed by atoms with E-state index in [1.54, 1.807) is 42.5 Å². The normalized spacial score (nSPS) is 11.3. The van der Waals surface area contributed by atoms with E-state index in [4.69, 9.17) is 13.9 Å². The summed E-state index contributed by atoms with van der Waals surface area (Å²) in [6.45, 7) is 0. The minimum atomic E-state index is -1.18. The molecule has 2 heterocycles. The number of aromatic nitrogens is 3. The van der Waals surface area contributed by atoms with Gasteiger partial charge in [0.05, 0.1) is 19.8 Å². The Bertz CT molecular complexity index is 1400. The minimum Gasteiger partial charge on any atom is -0.497 e. The largest absolute Gasteiger partial charge is 0.497 e. The predicted molar refractivity (Wildman–Crippen MR) is 127 cm³/mol. The van der Waals surface area contributed by atoms with Crippen molar-refractivity contribution in [1.29, 1.82) is 0 Å². The molecule has 0 saturated heterocycles. The van der Waals surface area contributed by atoms with Gasteiger partial charge in [0.2, 0.25) is 5.16 Å². The third kappa shape index (κ3) is 5.53. The van der Waals surface area contributed by atoms with Gasteiger partial charge in [-0.2, -0.15) is 0 Å². The molecule has 0 radical (unpaired) electrons. The van der Waals surface area contributed by atoms with E-state index in [1.807, 2.05) is 0 Å². The Morgan fingerprint density at radius 1 is 1.00 bits per heavy atom. The topological polar surface area (TPSA) is 148 Å². The third-order valence-electron chi connectivity index (χ3n) is 4.80. The van der Waals surface area contributed by atoms with E-state index >= 15 is 0 Å². The van der Waals surface area contributed by atoms with Crippen LogP contribution in [0.3, 0.4) is 0 Å². The van der Waals surface area contributed by atoms with Crippen molar-refractivity contribution in [3.05, 3.63) is 70.8 Å². The van der Waals surface area contributed by atoms with Crippen molar-refractivity contribution in [2.45, 2.75) is 5.16 Å². The quantitative estimate of drug-likeness (QED) is 0.222. The molecule has 2 aromatic heterocycles. The fourth-order valence-corrected chi connectivity index (χ4v) is 3.81. The maximum absolute atomic E-state index is 11.9. The summed E-state index contributed by atoms with van der Waals surface area (Å²) in [6, 6.07) is 14.7. The number of benzene rings is 2. The van der Waals surface area contributed by atoms with Crippen molar-refractivity contribution in [3.8, 4) is 34.2 Å². The Kier molecular flexibility index (Phi) is 6.88. The summed E-state index contributed by atoms with van der Waals surface area (Å²) >= 11 is 0.846. The first kappa shape index (κ1) is 23.6. The fraction of sp³-hybridized carbons (Fsp3) is 0.0833. The standard InChI is InChI=1S/C24H19N3O7S/c1-32-17-9-15(10-18(11-17)33-2)21-25-24(27-26-21)35-20(23(30)31)12-16-6-7-19(34-16)13-4-3-5-14(8-13)22(28)29/h3-12H,1-2H3,(H,28,29)(H,30,31)(H,25,26,27)/b20-12-. The fourth-order valence-electron chi connectivity index (χ4n) is 3.12. The number of hydrogen-bond donors (Lipinski definition) is 3. The molecule has 2 aromatic carbocycles. The Morgan fingerprint density at radius 2 is 1.74 bits per heavy atom. The summed E-state index contributed by atoms with van der Waals surface area (Å²) in [6.07, 6.45) is 1.35. The van der Waals surface area contributed by atoms with Crippen LogP contribution in [-0.2, 0) is 4.79 Å². The summed E-state index contributed by atoms with van der Waals surface area (Å²) < 4.78 is 16.3. The number of hydrogen-bond acceptors (Lipinski definition) is 8. The van der Waals surface area contributed by atoms with Crippen molar-refractivity contribution in [3.63, 3.8) is 0 Å². The lowest BCUT2D eigenvalue weighted by molar-refractivity contribution is -0.131. The van der Waals surface area contributed by atoms with Crippen molar-refractivity contribution >= 4 is 29.8 Å². The van der Waals surface area contributed by atoms with E-state index < -0.39 is 11.9 Å². The SMILES string of the molecule is COc1cc(OC)cc(-c2nc(S/C(=C\c3ccc(-c4cccc(C(=O)O)c4)o3)C(=O)O)n[nH]2)c1. The van der Waals surface area contributed by atoms with Gasteiger partial charge < -0.3 is 24.1 Å². The van der Waals surface area contributed by atoms with Crippen LogP contribution in [0.1, 0.15) is 16.1 Å². The van der Waals surface area contributed by atoms with Crippen LogP contribution in [0.4, 0.5) is 0 Å². The number of carboxylic acids is 2. The van der Waals surface area contributed by atoms with Crippen LogP contribution in [0.5, 0.6) is 11.5 Å². The monoisotopic (exact) mass is 493 g/mol. The van der Waals surface area contributed by atoms with Gasteiger partial charge in [0, 0.05) is 23.3 Å². The molecule has 4 aromatic rings. The maximum atomic E-state index is 11.9. The first-order valence-corrected chi connectivity index (χ1v) is 10.9. The highest BCUT2D eigenvalue weighted by atomic mass is 32.2. The second kappa shape index (κ2) is 10.2. The smallest absolute Gasteiger partial charge is 0.342 e. The summed E-state index contributed by atoms with van der Waals surface area (Å²) in [5, 5.41) is 25.9. The van der Waals surface area contributed by atoms with Crippen LogP contribution >= 0.6 is 11.8 Å². The molecule has 4 rings (SSSR count). The number of aromatic amines is 1. The lowest BCUT2D eigenvalue weighted by Gasteiger charge is -2.06. The van der Waals surface area contributed by atoms with Crippen molar-refractivity contribution < 1.29 is 33.7 Å². The number of H-pyrrole nitrogens is 1. The zero-order valence-electron chi connectivity index (χ0n) is 18.5. The molecule has 10 nitrogen and oxygen atoms in total. The van der Waals surface area contributed by atoms with E-state index in [0.29, 0.717) is 34.2 Å². The average molecular weight is 493 g/mol. The van der Waals surface area contributed by atoms with Gasteiger partial charge in [-0.15, -0.1) is 5.10 Å². The number of aliphatic carboxylic acids is 1. The number of nitrogens with one attached hydrogen (secondary N) is 1. The van der Waals surface area contributed by atoms with E-state index in [0.717, 1.165) is 11.8 Å². The number of furan rings is 1. The zero-order chi connectivity index (χ0) is 24.9. The highest BCUT2D eigenvalue weighted by Crippen LogP contribution is 2.32. The van der Waals surface area contributed by atoms with Crippen molar-refractivity contribution in [2.75, 3.05) is 14.2 Å². The molecule has 0 fully saturated rings. The average Bonchev–Trinajstić information content (AvgIpc) is 3.53. The Balaban J connectivity index is 1.57. The molecule has 0 aliphatic carbocycles. The number of nitrogens with zero attached hydrogens (tertiary/aromatic N) is 2. The van der Waals surface area contributed by atoms with Gasteiger partial charge in [0.15, 0.2) is 5.82 Å². The number of carboxylic acid groups (broad SMARTS) is 2. The van der Waals surface area contributed by atoms with E-state index in [9.17, 15) is 19.8 Å². The number of ether oxygens (including phenoxy) is 2. The zero-order valence-corrected chi connectivity index (χ0v) is 19.3. The predicted octanol–water partition coefficient (Wildman–Crippen LogP) is 4.66. The van der Waals surface area contributed by atoms with Gasteiger partial charge in [0.1, 0.15) is 27.9 Å². The molecule has 11 heteroatoms. The van der Waals surface area contributed by atoms with E-state index in [1.165, 1.54) is 32.4 Å². The number of methoxy groups -OCH3 is 2. The number of thioether (sulfide) groups is 1. The summed E-state index contributed by atoms with van der Waals surface area (Å²) in [4.78, 5) is 27.4. The molecule has 0 spiro atoms. The van der Waals surface area contributed by atoms with E-state index in [-0.39, 0.29) is 21.4 Å². The molecule has 0 atom stereocenters. The van der Waals surface area contributed by atoms with Gasteiger partial charge in [-0.25, -0.2) is 14.6 Å². The number of carbonyl (C=O) groups is 2. The van der Waals surface area contributed by atoms with Crippen molar-refractivity contribution in [2.24, 2.45) is 0 Å². The summed E-state index contributed by atoms with van der Waals surface area (Å²) in [5.74, 6) is -0.0121. The molecule has 0 saturated carbocycles. The molecule has 0 aliphatic heterocycles. The molecule has 35 heavy (non-hydrogen) atoms. The van der Waals surface area contributed by atoms with Crippen LogP contribution in [-0.4, -0.2) is 51.6 Å². The van der Waals surface area contributed by atoms with Crippen LogP contribution < -0.4 is 9.47 Å². The first-order chi connectivity index (χ1) is 16.9. The van der Waals surface area contributed by atoms with Gasteiger partial charge in [-0.05, 0) is 48.2 Å². The van der Waals surface area contributed by atoms with Gasteiger partial charge in [-0.3, -0.25) is 5.10 Å². The lowest BCUT2D eigenvalue weighted by Crippen LogP contribution is -1.97. The highest BCUT2D eigenvalue weighted by molar-refractivity contribution is 8.04. The van der Waals surface area contributed by atoms with Crippen LogP contribution in [0, 0.1) is 0 Å². The molecular formula is C24H19N3O7S. The van der Waals surface area contributed by atoms with Gasteiger partial charge in [0.25, 0.3) is 0 Å². The second-order valence-electron chi connectivity index (χ2n) is 7.07. The van der Waals surface area contributed by atoms with Crippen molar-refractivity contribution in [1.82, 2.24) is 15.2 Å². The first-order valence-electron chi connectivity index (χ1n) is 10.1.